The van der Waals surface area contributed by atoms with E-state index in [2.05, 4.69) is 47.5 Å². The van der Waals surface area contributed by atoms with E-state index in [9.17, 15) is 4.79 Å². The van der Waals surface area contributed by atoms with Crippen molar-refractivity contribution in [3.8, 4) is 0 Å². The van der Waals surface area contributed by atoms with Crippen molar-refractivity contribution in [1.29, 1.82) is 0 Å². The summed E-state index contributed by atoms with van der Waals surface area (Å²) in [6.07, 6.45) is 4.73. The number of carbonyl (C=O) groups is 1. The van der Waals surface area contributed by atoms with Crippen molar-refractivity contribution in [2.24, 2.45) is 5.92 Å². The van der Waals surface area contributed by atoms with Gasteiger partial charge >= 0.3 is 0 Å². The topological polar surface area (TPSA) is 68.0 Å². The highest BCUT2D eigenvalue weighted by Crippen LogP contribution is 2.35. The summed E-state index contributed by atoms with van der Waals surface area (Å²) in [6, 6.07) is 8.51. The van der Waals surface area contributed by atoms with Gasteiger partial charge in [0.05, 0.1) is 6.04 Å². The zero-order valence-electron chi connectivity index (χ0n) is 14.4. The fourth-order valence-electron chi connectivity index (χ4n) is 3.38. The first-order chi connectivity index (χ1) is 11.7. The minimum Gasteiger partial charge on any atom is -0.349 e. The predicted octanol–water partition coefficient (Wildman–Crippen LogP) is 3.39. The monoisotopic (exact) mass is 327 g/mol. The van der Waals surface area contributed by atoms with E-state index in [1.807, 2.05) is 6.07 Å². The number of hydrogen-bond donors (Lipinski definition) is 1. The standard InChI is InChI=1S/C19H25N3O2/c1-3-7-16-20-18(24-22-16)11-6-10-17(23)21-19-13(2)12-14-8-4-5-9-15(14)19/h4-5,8-9,13,19H,3,6-7,10-12H2,1-2H3,(H,21,23)/t13-,19+/m1/s1. The van der Waals surface area contributed by atoms with Gasteiger partial charge in [-0.25, -0.2) is 0 Å². The van der Waals surface area contributed by atoms with Crippen molar-refractivity contribution < 1.29 is 9.32 Å². The summed E-state index contributed by atoms with van der Waals surface area (Å²) in [6.45, 7) is 4.28. The van der Waals surface area contributed by atoms with Gasteiger partial charge in [-0.1, -0.05) is 43.3 Å². The van der Waals surface area contributed by atoms with Gasteiger partial charge in [0.25, 0.3) is 0 Å². The molecule has 1 aromatic carbocycles. The molecule has 1 heterocycles. The zero-order valence-corrected chi connectivity index (χ0v) is 14.4. The van der Waals surface area contributed by atoms with Gasteiger partial charge in [-0.3, -0.25) is 4.79 Å². The van der Waals surface area contributed by atoms with E-state index < -0.39 is 0 Å². The van der Waals surface area contributed by atoms with Gasteiger partial charge in [0.15, 0.2) is 5.82 Å². The number of benzene rings is 1. The fourth-order valence-corrected chi connectivity index (χ4v) is 3.38. The van der Waals surface area contributed by atoms with Crippen LogP contribution in [0.15, 0.2) is 28.8 Å². The smallest absolute Gasteiger partial charge is 0.226 e. The molecular weight excluding hydrogens is 302 g/mol. The summed E-state index contributed by atoms with van der Waals surface area (Å²) in [5, 5.41) is 7.13. The fraction of sp³-hybridized carbons (Fsp3) is 0.526. The second-order valence-corrected chi connectivity index (χ2v) is 6.63. The Morgan fingerprint density at radius 1 is 1.33 bits per heavy atom. The van der Waals surface area contributed by atoms with Crippen molar-refractivity contribution >= 4 is 5.91 Å². The Labute approximate surface area is 142 Å². The molecule has 3 rings (SSSR count). The van der Waals surface area contributed by atoms with Gasteiger partial charge in [0, 0.05) is 19.3 Å². The van der Waals surface area contributed by atoms with Crippen LogP contribution in [-0.4, -0.2) is 16.0 Å². The maximum absolute atomic E-state index is 12.3. The van der Waals surface area contributed by atoms with Crippen LogP contribution >= 0.6 is 0 Å². The molecule has 1 aliphatic carbocycles. The highest BCUT2D eigenvalue weighted by molar-refractivity contribution is 5.76. The summed E-state index contributed by atoms with van der Waals surface area (Å²) in [7, 11) is 0. The Kier molecular flexibility index (Phi) is 5.28. The van der Waals surface area contributed by atoms with Gasteiger partial charge in [-0.2, -0.15) is 4.98 Å². The number of nitrogens with one attached hydrogen (secondary N) is 1. The lowest BCUT2D eigenvalue weighted by Crippen LogP contribution is -2.30. The number of amides is 1. The molecule has 0 aliphatic heterocycles. The van der Waals surface area contributed by atoms with E-state index in [-0.39, 0.29) is 11.9 Å². The van der Waals surface area contributed by atoms with Crippen LogP contribution in [0.4, 0.5) is 0 Å². The van der Waals surface area contributed by atoms with Crippen LogP contribution in [0.5, 0.6) is 0 Å². The number of aromatic nitrogens is 2. The first-order valence-corrected chi connectivity index (χ1v) is 8.86. The quantitative estimate of drug-likeness (QED) is 0.846. The van der Waals surface area contributed by atoms with Crippen LogP contribution in [0.3, 0.4) is 0 Å². The Morgan fingerprint density at radius 2 is 2.17 bits per heavy atom. The van der Waals surface area contributed by atoms with Gasteiger partial charge in [-0.05, 0) is 36.3 Å². The molecule has 0 fully saturated rings. The molecule has 1 aliphatic rings. The molecule has 128 valence electrons. The Balaban J connectivity index is 1.47. The summed E-state index contributed by atoms with van der Waals surface area (Å²) in [5.74, 6) is 1.93. The number of hydrogen-bond acceptors (Lipinski definition) is 4. The van der Waals surface area contributed by atoms with Crippen LogP contribution < -0.4 is 5.32 Å². The molecule has 5 nitrogen and oxygen atoms in total. The second-order valence-electron chi connectivity index (χ2n) is 6.63. The molecule has 0 radical (unpaired) electrons. The molecule has 1 N–H and O–H groups in total. The van der Waals surface area contributed by atoms with Crippen molar-refractivity contribution in [3.05, 3.63) is 47.1 Å². The highest BCUT2D eigenvalue weighted by atomic mass is 16.5. The normalized spacial score (nSPS) is 19.2. The third-order valence-electron chi connectivity index (χ3n) is 4.60. The van der Waals surface area contributed by atoms with Crippen molar-refractivity contribution in [3.63, 3.8) is 0 Å². The average molecular weight is 327 g/mol. The van der Waals surface area contributed by atoms with Crippen LogP contribution in [0.25, 0.3) is 0 Å². The van der Waals surface area contributed by atoms with E-state index in [1.165, 1.54) is 11.1 Å². The van der Waals surface area contributed by atoms with Crippen LogP contribution in [-0.2, 0) is 24.1 Å². The molecule has 0 saturated heterocycles. The average Bonchev–Trinajstić information content (AvgIpc) is 3.13. The summed E-state index contributed by atoms with van der Waals surface area (Å²) in [4.78, 5) is 16.6. The van der Waals surface area contributed by atoms with E-state index in [1.54, 1.807) is 0 Å². The highest BCUT2D eigenvalue weighted by Gasteiger charge is 2.29. The van der Waals surface area contributed by atoms with Gasteiger partial charge < -0.3 is 9.84 Å². The van der Waals surface area contributed by atoms with Crippen LogP contribution in [0.2, 0.25) is 0 Å². The molecule has 1 aromatic heterocycles. The summed E-state index contributed by atoms with van der Waals surface area (Å²) >= 11 is 0. The zero-order chi connectivity index (χ0) is 16.9. The van der Waals surface area contributed by atoms with Crippen LogP contribution in [0.1, 0.15) is 62.0 Å². The van der Waals surface area contributed by atoms with E-state index >= 15 is 0 Å². The molecule has 1 amide bonds. The molecular formula is C19H25N3O2. The van der Waals surface area contributed by atoms with Crippen molar-refractivity contribution in [2.45, 2.75) is 58.4 Å². The van der Waals surface area contributed by atoms with E-state index in [0.29, 0.717) is 24.7 Å². The lowest BCUT2D eigenvalue weighted by molar-refractivity contribution is -0.122. The largest absolute Gasteiger partial charge is 0.349 e. The van der Waals surface area contributed by atoms with Crippen molar-refractivity contribution in [1.82, 2.24) is 15.5 Å². The van der Waals surface area contributed by atoms with Gasteiger partial charge in [0.1, 0.15) is 0 Å². The first-order valence-electron chi connectivity index (χ1n) is 8.86. The molecule has 2 atom stereocenters. The maximum atomic E-state index is 12.3. The molecule has 0 bridgehead atoms. The van der Waals surface area contributed by atoms with E-state index in [0.717, 1.165) is 31.5 Å². The number of nitrogens with zero attached hydrogens (tertiary/aromatic N) is 2. The Bertz CT molecular complexity index is 695. The first kappa shape index (κ1) is 16.7. The second kappa shape index (κ2) is 7.60. The number of fused-ring (bicyclic) bond motifs is 1. The molecule has 0 saturated carbocycles. The molecule has 5 heteroatoms. The molecule has 24 heavy (non-hydrogen) atoms. The Hall–Kier alpha value is -2.17. The third kappa shape index (κ3) is 3.83. The summed E-state index contributed by atoms with van der Waals surface area (Å²) in [5.41, 5.74) is 2.61. The molecule has 0 unspecified atom stereocenters. The molecule has 2 aromatic rings. The lowest BCUT2D eigenvalue weighted by atomic mass is 10.0. The number of aryl methyl sites for hydroxylation is 2. The third-order valence-corrected chi connectivity index (χ3v) is 4.60. The number of carbonyl (C=O) groups excluding carboxylic acids is 1. The van der Waals surface area contributed by atoms with Gasteiger partial charge in [-0.15, -0.1) is 0 Å². The number of rotatable bonds is 7. The lowest BCUT2D eigenvalue weighted by Gasteiger charge is -2.18. The SMILES string of the molecule is CCCc1noc(CCCC(=O)N[C@@H]2c3ccccc3C[C@H]2C)n1. The summed E-state index contributed by atoms with van der Waals surface area (Å²) < 4.78 is 5.20. The predicted molar refractivity (Wildman–Crippen MR) is 91.4 cm³/mol. The molecule has 0 spiro atoms. The van der Waals surface area contributed by atoms with Gasteiger partial charge in [0.2, 0.25) is 11.8 Å². The van der Waals surface area contributed by atoms with Crippen molar-refractivity contribution in [2.75, 3.05) is 0 Å². The maximum Gasteiger partial charge on any atom is 0.226 e. The Morgan fingerprint density at radius 3 is 3.00 bits per heavy atom. The van der Waals surface area contributed by atoms with Crippen LogP contribution in [0, 0.1) is 5.92 Å². The van der Waals surface area contributed by atoms with E-state index in [4.69, 9.17) is 4.52 Å². The minimum absolute atomic E-state index is 0.0943. The minimum atomic E-state index is 0.0943.